The maximum Gasteiger partial charge on any atom is 0.222 e. The van der Waals surface area contributed by atoms with Gasteiger partial charge in [0.25, 0.3) is 0 Å². The molecule has 1 amide bonds. The number of aromatic nitrogens is 2. The van der Waals surface area contributed by atoms with Crippen molar-refractivity contribution in [2.75, 3.05) is 31.1 Å². The summed E-state index contributed by atoms with van der Waals surface area (Å²) in [6, 6.07) is 12.4. The molecule has 28 heavy (non-hydrogen) atoms. The second kappa shape index (κ2) is 8.69. The van der Waals surface area contributed by atoms with E-state index < -0.39 is 0 Å². The van der Waals surface area contributed by atoms with Gasteiger partial charge in [-0.2, -0.15) is 0 Å². The average Bonchev–Trinajstić information content (AvgIpc) is 3.08. The number of fused-ring (bicyclic) bond motifs is 1. The first-order chi connectivity index (χ1) is 13.7. The van der Waals surface area contributed by atoms with E-state index in [1.807, 2.05) is 23.1 Å². The Morgan fingerprint density at radius 3 is 2.75 bits per heavy atom. The lowest BCUT2D eigenvalue weighted by Crippen LogP contribution is -2.35. The summed E-state index contributed by atoms with van der Waals surface area (Å²) in [4.78, 5) is 27.6. The van der Waals surface area contributed by atoms with Gasteiger partial charge >= 0.3 is 0 Å². The standard InChI is InChI=1S/C22H26N4OS/c1-2-19-23-21(18-11-16-28-22(18)24-19)26-13-6-12-25(14-15-26)20(27)10-9-17-7-4-3-5-8-17/h3-5,7-8,11,16H,2,6,9-10,12-15H2,1H3. The molecule has 1 aromatic carbocycles. The predicted molar refractivity (Wildman–Crippen MR) is 115 cm³/mol. The number of thiophene rings is 1. The largest absolute Gasteiger partial charge is 0.354 e. The fourth-order valence-corrected chi connectivity index (χ4v) is 4.49. The number of benzene rings is 1. The Bertz CT molecular complexity index is 940. The number of carbonyl (C=O) groups excluding carboxylic acids is 1. The summed E-state index contributed by atoms with van der Waals surface area (Å²) in [6.07, 6.45) is 3.18. The molecule has 0 radical (unpaired) electrons. The number of hydrogen-bond donors (Lipinski definition) is 0. The first-order valence-electron chi connectivity index (χ1n) is 10.1. The van der Waals surface area contributed by atoms with Crippen molar-refractivity contribution in [3.8, 4) is 0 Å². The topological polar surface area (TPSA) is 49.3 Å². The maximum atomic E-state index is 12.7. The molecule has 1 aliphatic heterocycles. The van der Waals surface area contributed by atoms with Gasteiger partial charge in [-0.15, -0.1) is 11.3 Å². The minimum Gasteiger partial charge on any atom is -0.354 e. The van der Waals surface area contributed by atoms with E-state index in [-0.39, 0.29) is 5.91 Å². The van der Waals surface area contributed by atoms with E-state index in [0.717, 1.165) is 67.3 Å². The van der Waals surface area contributed by atoms with Crippen LogP contribution in [0.3, 0.4) is 0 Å². The minimum atomic E-state index is 0.253. The van der Waals surface area contributed by atoms with Crippen LogP contribution >= 0.6 is 11.3 Å². The fraction of sp³-hybridized carbons (Fsp3) is 0.409. The molecule has 0 atom stereocenters. The first-order valence-corrected chi connectivity index (χ1v) is 10.9. The van der Waals surface area contributed by atoms with Crippen LogP contribution in [0.2, 0.25) is 0 Å². The molecule has 2 aromatic heterocycles. The first kappa shape index (κ1) is 18.9. The molecule has 0 bridgehead atoms. The third kappa shape index (κ3) is 4.17. The number of aryl methyl sites for hydroxylation is 2. The van der Waals surface area contributed by atoms with Crippen molar-refractivity contribution < 1.29 is 4.79 Å². The van der Waals surface area contributed by atoms with Gasteiger partial charge in [0, 0.05) is 39.0 Å². The van der Waals surface area contributed by atoms with Gasteiger partial charge in [-0.3, -0.25) is 4.79 Å². The Hall–Kier alpha value is -2.47. The molecule has 0 aliphatic carbocycles. The zero-order valence-corrected chi connectivity index (χ0v) is 17.1. The maximum absolute atomic E-state index is 12.7. The van der Waals surface area contributed by atoms with Crippen molar-refractivity contribution in [1.29, 1.82) is 0 Å². The molecule has 6 heteroatoms. The molecule has 4 rings (SSSR count). The van der Waals surface area contributed by atoms with E-state index in [9.17, 15) is 4.79 Å². The van der Waals surface area contributed by atoms with Crippen LogP contribution in [-0.2, 0) is 17.6 Å². The molecule has 0 spiro atoms. The zero-order chi connectivity index (χ0) is 19.3. The SMILES string of the molecule is CCc1nc(N2CCCN(C(=O)CCc3ccccc3)CC2)c2ccsc2n1. The fourth-order valence-electron chi connectivity index (χ4n) is 3.71. The van der Waals surface area contributed by atoms with E-state index >= 15 is 0 Å². The van der Waals surface area contributed by atoms with E-state index in [1.54, 1.807) is 11.3 Å². The summed E-state index contributed by atoms with van der Waals surface area (Å²) in [7, 11) is 0. The molecule has 1 saturated heterocycles. The normalized spacial score (nSPS) is 15.0. The summed E-state index contributed by atoms with van der Waals surface area (Å²) >= 11 is 1.67. The van der Waals surface area contributed by atoms with Crippen LogP contribution in [0.15, 0.2) is 41.8 Å². The van der Waals surface area contributed by atoms with Crippen LogP contribution < -0.4 is 4.90 Å². The molecular formula is C22H26N4OS. The molecule has 3 heterocycles. The molecule has 1 fully saturated rings. The van der Waals surface area contributed by atoms with Crippen LogP contribution in [0.1, 0.15) is 31.2 Å². The van der Waals surface area contributed by atoms with Crippen LogP contribution in [0.25, 0.3) is 10.2 Å². The molecule has 3 aromatic rings. The lowest BCUT2D eigenvalue weighted by Gasteiger charge is -2.24. The van der Waals surface area contributed by atoms with Crippen LogP contribution in [0.4, 0.5) is 5.82 Å². The Balaban J connectivity index is 1.42. The van der Waals surface area contributed by atoms with Gasteiger partial charge in [0.05, 0.1) is 5.39 Å². The number of rotatable bonds is 5. The monoisotopic (exact) mass is 394 g/mol. The van der Waals surface area contributed by atoms with Crippen molar-refractivity contribution in [1.82, 2.24) is 14.9 Å². The van der Waals surface area contributed by atoms with Crippen LogP contribution in [0, 0.1) is 0 Å². The number of hydrogen-bond acceptors (Lipinski definition) is 5. The number of amides is 1. The van der Waals surface area contributed by atoms with Crippen molar-refractivity contribution in [2.24, 2.45) is 0 Å². The van der Waals surface area contributed by atoms with Crippen LogP contribution in [0.5, 0.6) is 0 Å². The highest BCUT2D eigenvalue weighted by Crippen LogP contribution is 2.28. The highest BCUT2D eigenvalue weighted by Gasteiger charge is 2.22. The van der Waals surface area contributed by atoms with Gasteiger partial charge in [0.1, 0.15) is 16.5 Å². The zero-order valence-electron chi connectivity index (χ0n) is 16.3. The molecule has 0 saturated carbocycles. The smallest absolute Gasteiger partial charge is 0.222 e. The third-order valence-corrected chi connectivity index (χ3v) is 6.09. The molecule has 5 nitrogen and oxygen atoms in total. The van der Waals surface area contributed by atoms with Gasteiger partial charge in [0.15, 0.2) is 0 Å². The summed E-state index contributed by atoms with van der Waals surface area (Å²) in [5, 5.41) is 3.21. The number of nitrogens with zero attached hydrogens (tertiary/aromatic N) is 4. The Kier molecular flexibility index (Phi) is 5.86. The number of anilines is 1. The molecule has 0 N–H and O–H groups in total. The Morgan fingerprint density at radius 2 is 1.93 bits per heavy atom. The molecule has 146 valence electrons. The van der Waals surface area contributed by atoms with Gasteiger partial charge in [0.2, 0.25) is 5.91 Å². The van der Waals surface area contributed by atoms with Crippen molar-refractivity contribution in [2.45, 2.75) is 32.6 Å². The van der Waals surface area contributed by atoms with Gasteiger partial charge in [-0.25, -0.2) is 9.97 Å². The highest BCUT2D eigenvalue weighted by atomic mass is 32.1. The quantitative estimate of drug-likeness (QED) is 0.658. The minimum absolute atomic E-state index is 0.253. The Morgan fingerprint density at radius 1 is 1.07 bits per heavy atom. The summed E-state index contributed by atoms with van der Waals surface area (Å²) < 4.78 is 0. The van der Waals surface area contributed by atoms with Gasteiger partial charge < -0.3 is 9.80 Å². The second-order valence-corrected chi connectivity index (χ2v) is 8.06. The lowest BCUT2D eigenvalue weighted by molar-refractivity contribution is -0.130. The summed E-state index contributed by atoms with van der Waals surface area (Å²) in [5.74, 6) is 2.18. The van der Waals surface area contributed by atoms with Gasteiger partial charge in [-0.05, 0) is 29.9 Å². The van der Waals surface area contributed by atoms with Gasteiger partial charge in [-0.1, -0.05) is 37.3 Å². The third-order valence-electron chi connectivity index (χ3n) is 5.29. The van der Waals surface area contributed by atoms with Crippen molar-refractivity contribution in [3.05, 3.63) is 53.2 Å². The highest BCUT2D eigenvalue weighted by molar-refractivity contribution is 7.16. The predicted octanol–water partition coefficient (Wildman–Crippen LogP) is 3.93. The summed E-state index contributed by atoms with van der Waals surface area (Å²) in [6.45, 7) is 5.41. The van der Waals surface area contributed by atoms with E-state index in [2.05, 4.69) is 40.4 Å². The molecule has 1 aliphatic rings. The van der Waals surface area contributed by atoms with Crippen molar-refractivity contribution in [3.63, 3.8) is 0 Å². The molecular weight excluding hydrogens is 368 g/mol. The van der Waals surface area contributed by atoms with E-state index in [1.165, 1.54) is 5.56 Å². The number of carbonyl (C=O) groups is 1. The van der Waals surface area contributed by atoms with E-state index in [0.29, 0.717) is 6.42 Å². The lowest BCUT2D eigenvalue weighted by atomic mass is 10.1. The average molecular weight is 395 g/mol. The van der Waals surface area contributed by atoms with Crippen molar-refractivity contribution >= 4 is 33.3 Å². The summed E-state index contributed by atoms with van der Waals surface area (Å²) in [5.41, 5.74) is 1.22. The second-order valence-electron chi connectivity index (χ2n) is 7.16. The van der Waals surface area contributed by atoms with E-state index in [4.69, 9.17) is 4.98 Å². The Labute approximate surface area is 170 Å². The van der Waals surface area contributed by atoms with Crippen LogP contribution in [-0.4, -0.2) is 47.0 Å². The molecule has 0 unspecified atom stereocenters.